The van der Waals surface area contributed by atoms with Crippen LogP contribution in [0.2, 0.25) is 0 Å². The Morgan fingerprint density at radius 3 is 1.48 bits per heavy atom. The van der Waals surface area contributed by atoms with E-state index >= 15 is 0 Å². The Labute approximate surface area is 259 Å². The van der Waals surface area contributed by atoms with Crippen molar-refractivity contribution in [2.24, 2.45) is 0 Å². The van der Waals surface area contributed by atoms with Crippen LogP contribution in [0.4, 0.5) is 0 Å². The number of hydrogen-bond acceptors (Lipinski definition) is 7. The van der Waals surface area contributed by atoms with E-state index in [9.17, 15) is 0 Å². The van der Waals surface area contributed by atoms with E-state index in [2.05, 4.69) is 64.1 Å². The van der Waals surface area contributed by atoms with Crippen molar-refractivity contribution >= 4 is 33.7 Å². The molecule has 0 saturated carbocycles. The molecule has 0 saturated heterocycles. The van der Waals surface area contributed by atoms with Crippen molar-refractivity contribution in [3.63, 3.8) is 0 Å². The van der Waals surface area contributed by atoms with Crippen molar-refractivity contribution in [3.05, 3.63) is 64.7 Å². The van der Waals surface area contributed by atoms with Gasteiger partial charge >= 0.3 is 0 Å². The number of methoxy groups -OCH3 is 5. The third-order valence-electron chi connectivity index (χ3n) is 8.02. The van der Waals surface area contributed by atoms with Gasteiger partial charge in [0.2, 0.25) is 5.75 Å². The van der Waals surface area contributed by atoms with E-state index in [0.29, 0.717) is 17.2 Å². The normalized spacial score (nSPS) is 15.2. The first-order chi connectivity index (χ1) is 20.9. The first kappa shape index (κ1) is 30.9. The summed E-state index contributed by atoms with van der Waals surface area (Å²) >= 11 is 0. The predicted molar refractivity (Wildman–Crippen MR) is 178 cm³/mol. The van der Waals surface area contributed by atoms with Crippen molar-refractivity contribution in [2.75, 3.05) is 35.5 Å². The van der Waals surface area contributed by atoms with Crippen LogP contribution in [-0.4, -0.2) is 46.8 Å². The smallest absolute Gasteiger partial charge is 0.203 e. The molecule has 6 rings (SSSR count). The summed E-state index contributed by atoms with van der Waals surface area (Å²) in [5.74, 6) is 5.18. The Morgan fingerprint density at radius 1 is 0.500 bits per heavy atom. The Bertz CT molecular complexity index is 1810. The molecule has 2 heterocycles. The third-order valence-corrected chi connectivity index (χ3v) is 8.02. The van der Waals surface area contributed by atoms with Gasteiger partial charge in [-0.2, -0.15) is 0 Å². The molecule has 4 aromatic rings. The number of fused-ring (bicyclic) bond motifs is 6. The molecule has 0 unspecified atom stereocenters. The molecule has 0 fully saturated rings. The van der Waals surface area contributed by atoms with Gasteiger partial charge in [-0.15, -0.1) is 0 Å². The molecule has 2 aliphatic heterocycles. The van der Waals surface area contributed by atoms with E-state index in [0.717, 1.165) is 61.2 Å². The number of hydrogen-bond donors (Lipinski definition) is 0. The molecule has 0 spiro atoms. The number of ether oxygens (including phenoxy) is 7. The molecule has 0 amide bonds. The Morgan fingerprint density at radius 2 is 1.00 bits per heavy atom. The molecular formula is C37H42O7. The van der Waals surface area contributed by atoms with Crippen LogP contribution in [0, 0.1) is 13.8 Å². The van der Waals surface area contributed by atoms with Crippen molar-refractivity contribution in [1.82, 2.24) is 0 Å². The van der Waals surface area contributed by atoms with Crippen LogP contribution in [0.5, 0.6) is 40.2 Å². The molecular weight excluding hydrogens is 556 g/mol. The zero-order chi connectivity index (χ0) is 32.0. The van der Waals surface area contributed by atoms with Gasteiger partial charge in [0.15, 0.2) is 11.5 Å². The lowest BCUT2D eigenvalue weighted by atomic mass is 9.94. The monoisotopic (exact) mass is 598 g/mol. The van der Waals surface area contributed by atoms with Crippen molar-refractivity contribution in [2.45, 2.75) is 52.7 Å². The quantitative estimate of drug-likeness (QED) is 0.228. The zero-order valence-corrected chi connectivity index (χ0v) is 27.6. The zero-order valence-electron chi connectivity index (χ0n) is 27.6. The van der Waals surface area contributed by atoms with Crippen LogP contribution in [0.15, 0.2) is 42.5 Å². The maximum Gasteiger partial charge on any atom is 0.203 e. The summed E-state index contributed by atoms with van der Waals surface area (Å²) in [6.07, 6.45) is 8.42. The van der Waals surface area contributed by atoms with Crippen LogP contribution in [-0.2, 0) is 0 Å². The lowest BCUT2D eigenvalue weighted by Crippen LogP contribution is -2.27. The second kappa shape index (κ2) is 11.5. The van der Waals surface area contributed by atoms with Crippen LogP contribution < -0.4 is 33.2 Å². The molecule has 0 aliphatic carbocycles. The molecule has 0 aromatic heterocycles. The van der Waals surface area contributed by atoms with Crippen molar-refractivity contribution in [3.8, 4) is 40.2 Å². The van der Waals surface area contributed by atoms with Gasteiger partial charge in [0.1, 0.15) is 34.2 Å². The summed E-state index contributed by atoms with van der Waals surface area (Å²) in [5.41, 5.74) is 3.85. The molecule has 2 aliphatic rings. The Kier molecular flexibility index (Phi) is 8.10. The number of aryl methyl sites for hydroxylation is 2. The molecule has 4 aromatic carbocycles. The van der Waals surface area contributed by atoms with Crippen molar-refractivity contribution in [1.29, 1.82) is 0 Å². The summed E-state index contributed by atoms with van der Waals surface area (Å²) in [6.45, 7) is 12.3. The topological polar surface area (TPSA) is 64.6 Å². The van der Waals surface area contributed by atoms with E-state index in [1.165, 1.54) is 5.56 Å². The van der Waals surface area contributed by atoms with E-state index in [4.69, 9.17) is 33.2 Å². The fraction of sp³-hybridized carbons (Fsp3) is 0.351. The summed E-state index contributed by atoms with van der Waals surface area (Å²) in [6, 6.07) is 10.1. The summed E-state index contributed by atoms with van der Waals surface area (Å²) < 4.78 is 39.9. The SMILES string of the molecule is COc1cc(OC)c2cc(C)c3c(c2c1)OC(C)(C)C=C3.COc1cc2c3c(c(C)cc2c(OC)c1OC)C=CC(C)(C)O3. The molecule has 232 valence electrons. The van der Waals surface area contributed by atoms with E-state index in [-0.39, 0.29) is 11.2 Å². The van der Waals surface area contributed by atoms with Crippen LogP contribution in [0.25, 0.3) is 33.7 Å². The maximum atomic E-state index is 6.25. The molecule has 44 heavy (non-hydrogen) atoms. The third kappa shape index (κ3) is 5.47. The lowest BCUT2D eigenvalue weighted by Gasteiger charge is -2.30. The van der Waals surface area contributed by atoms with Gasteiger partial charge in [-0.1, -0.05) is 12.2 Å². The Hall–Kier alpha value is -4.52. The van der Waals surface area contributed by atoms with Gasteiger partial charge in [0.05, 0.1) is 35.5 Å². The Balaban J connectivity index is 0.000000175. The highest BCUT2D eigenvalue weighted by Gasteiger charge is 2.28. The van der Waals surface area contributed by atoms with E-state index in [1.807, 2.05) is 32.0 Å². The fourth-order valence-electron chi connectivity index (χ4n) is 5.77. The summed E-state index contributed by atoms with van der Waals surface area (Å²) in [7, 11) is 8.20. The molecule has 0 N–H and O–H groups in total. The van der Waals surface area contributed by atoms with Crippen LogP contribution >= 0.6 is 0 Å². The molecule has 0 bridgehead atoms. The molecule has 7 heteroatoms. The molecule has 0 atom stereocenters. The average molecular weight is 599 g/mol. The minimum atomic E-state index is -0.353. The highest BCUT2D eigenvalue weighted by atomic mass is 16.5. The van der Waals surface area contributed by atoms with Gasteiger partial charge in [-0.05, 0) is 89.1 Å². The highest BCUT2D eigenvalue weighted by Crippen LogP contribution is 2.49. The number of benzene rings is 4. The summed E-state index contributed by atoms with van der Waals surface area (Å²) in [4.78, 5) is 0. The predicted octanol–water partition coefficient (Wildman–Crippen LogP) is 8.71. The fourth-order valence-corrected chi connectivity index (χ4v) is 5.77. The number of rotatable bonds is 5. The van der Waals surface area contributed by atoms with Gasteiger partial charge in [-0.25, -0.2) is 0 Å². The lowest BCUT2D eigenvalue weighted by molar-refractivity contribution is 0.161. The molecule has 7 nitrogen and oxygen atoms in total. The maximum absolute atomic E-state index is 6.25. The second-order valence-corrected chi connectivity index (χ2v) is 12.1. The van der Waals surface area contributed by atoms with Gasteiger partial charge in [0.25, 0.3) is 0 Å². The largest absolute Gasteiger partial charge is 0.497 e. The van der Waals surface area contributed by atoms with Crippen LogP contribution in [0.3, 0.4) is 0 Å². The van der Waals surface area contributed by atoms with E-state index < -0.39 is 0 Å². The average Bonchev–Trinajstić information content (AvgIpc) is 2.99. The van der Waals surface area contributed by atoms with Gasteiger partial charge < -0.3 is 33.2 Å². The van der Waals surface area contributed by atoms with Crippen LogP contribution in [0.1, 0.15) is 49.9 Å². The minimum absolute atomic E-state index is 0.315. The standard InChI is InChI=1S/C19H22O4.C18H20O3/c1-11-9-13-14(16-12(11)7-8-19(2,3)23-16)10-15(20-4)18(22-6)17(13)21-5;1-11-8-14-15(9-12(19-4)10-16(14)20-5)17-13(11)6-7-18(2,3)21-17/h7-10H,1-6H3;6-10H,1-5H3. The second-order valence-electron chi connectivity index (χ2n) is 12.1. The van der Waals surface area contributed by atoms with Gasteiger partial charge in [-0.3, -0.25) is 0 Å². The first-order valence-electron chi connectivity index (χ1n) is 14.6. The van der Waals surface area contributed by atoms with Gasteiger partial charge in [0, 0.05) is 38.7 Å². The highest BCUT2D eigenvalue weighted by molar-refractivity contribution is 6.01. The van der Waals surface area contributed by atoms with E-state index in [1.54, 1.807) is 35.5 Å². The van der Waals surface area contributed by atoms with Crippen molar-refractivity contribution < 1.29 is 33.2 Å². The first-order valence-corrected chi connectivity index (χ1v) is 14.6. The minimum Gasteiger partial charge on any atom is -0.497 e. The summed E-state index contributed by atoms with van der Waals surface area (Å²) in [5, 5.41) is 3.97. The molecule has 0 radical (unpaired) electrons.